The van der Waals surface area contributed by atoms with Crippen LogP contribution in [0.15, 0.2) is 41.3 Å². The lowest BCUT2D eigenvalue weighted by atomic mass is 10.2. The predicted octanol–water partition coefficient (Wildman–Crippen LogP) is 2.29. The molecule has 140 valence electrons. The zero-order chi connectivity index (χ0) is 18.5. The molecule has 0 amide bonds. The molecule has 1 unspecified atom stereocenters. The van der Waals surface area contributed by atoms with E-state index >= 15 is 0 Å². The first-order chi connectivity index (χ1) is 13.3. The number of aromatic nitrogens is 5. The number of pyridine rings is 1. The predicted molar refractivity (Wildman–Crippen MR) is 96.3 cm³/mol. The van der Waals surface area contributed by atoms with Crippen molar-refractivity contribution in [2.45, 2.75) is 18.9 Å². The first-order valence-electron chi connectivity index (χ1n) is 8.80. The van der Waals surface area contributed by atoms with Gasteiger partial charge in [0.25, 0.3) is 0 Å². The van der Waals surface area contributed by atoms with Gasteiger partial charge in [-0.05, 0) is 25.0 Å². The third kappa shape index (κ3) is 3.87. The van der Waals surface area contributed by atoms with Crippen molar-refractivity contribution in [3.63, 3.8) is 0 Å². The van der Waals surface area contributed by atoms with Crippen molar-refractivity contribution in [3.05, 3.63) is 42.7 Å². The summed E-state index contributed by atoms with van der Waals surface area (Å²) in [5.74, 6) is 2.24. The minimum absolute atomic E-state index is 0.0205. The molecule has 1 aliphatic rings. The summed E-state index contributed by atoms with van der Waals surface area (Å²) in [6.07, 6.45) is 7.07. The normalized spacial score (nSPS) is 16.6. The van der Waals surface area contributed by atoms with E-state index in [4.69, 9.17) is 14.0 Å². The third-order valence-electron chi connectivity index (χ3n) is 4.32. The Morgan fingerprint density at radius 1 is 1.19 bits per heavy atom. The summed E-state index contributed by atoms with van der Waals surface area (Å²) in [7, 11) is 1.63. The van der Waals surface area contributed by atoms with E-state index in [-0.39, 0.29) is 6.04 Å². The minimum atomic E-state index is -0.0205. The average Bonchev–Trinajstić information content (AvgIpc) is 3.39. The van der Waals surface area contributed by atoms with Gasteiger partial charge in [-0.3, -0.25) is 0 Å². The smallest absolute Gasteiger partial charge is 0.249 e. The summed E-state index contributed by atoms with van der Waals surface area (Å²) in [6, 6.07) is 5.39. The Kier molecular flexibility index (Phi) is 5.20. The highest BCUT2D eigenvalue weighted by molar-refractivity contribution is 5.55. The zero-order valence-electron chi connectivity index (χ0n) is 15.0. The second-order valence-electron chi connectivity index (χ2n) is 6.08. The molecule has 0 N–H and O–H groups in total. The van der Waals surface area contributed by atoms with Gasteiger partial charge in [0.05, 0.1) is 6.61 Å². The average molecular weight is 368 g/mol. The van der Waals surface area contributed by atoms with Crippen LogP contribution in [-0.4, -0.2) is 52.0 Å². The minimum Gasteiger partial charge on any atom is -0.475 e. The Hall–Kier alpha value is -3.07. The van der Waals surface area contributed by atoms with Crippen LogP contribution in [-0.2, 0) is 4.74 Å². The SMILES string of the molecule is COCCOc1cc(-c2noc(C3CCCN3c3ncccn3)n2)ccn1. The van der Waals surface area contributed by atoms with E-state index in [1.807, 2.05) is 6.07 Å². The number of hydrogen-bond acceptors (Lipinski definition) is 9. The van der Waals surface area contributed by atoms with Crippen LogP contribution >= 0.6 is 0 Å². The first kappa shape index (κ1) is 17.3. The molecular formula is C18H20N6O3. The molecule has 0 saturated carbocycles. The van der Waals surface area contributed by atoms with Gasteiger partial charge in [-0.15, -0.1) is 0 Å². The van der Waals surface area contributed by atoms with Crippen LogP contribution in [0.5, 0.6) is 5.88 Å². The van der Waals surface area contributed by atoms with E-state index in [9.17, 15) is 0 Å². The van der Waals surface area contributed by atoms with E-state index in [2.05, 4.69) is 30.0 Å². The highest BCUT2D eigenvalue weighted by Gasteiger charge is 2.32. The second kappa shape index (κ2) is 8.09. The Labute approximate surface area is 156 Å². The molecule has 1 aliphatic heterocycles. The quantitative estimate of drug-likeness (QED) is 0.581. The maximum absolute atomic E-state index is 5.55. The largest absolute Gasteiger partial charge is 0.475 e. The monoisotopic (exact) mass is 368 g/mol. The first-order valence-corrected chi connectivity index (χ1v) is 8.80. The van der Waals surface area contributed by atoms with Crippen LogP contribution in [0, 0.1) is 0 Å². The van der Waals surface area contributed by atoms with E-state index in [0.29, 0.717) is 36.8 Å². The van der Waals surface area contributed by atoms with Gasteiger partial charge in [-0.25, -0.2) is 15.0 Å². The molecule has 1 saturated heterocycles. The highest BCUT2D eigenvalue weighted by Crippen LogP contribution is 2.34. The molecule has 0 aliphatic carbocycles. The molecule has 0 aromatic carbocycles. The molecule has 0 radical (unpaired) electrons. The van der Waals surface area contributed by atoms with Crippen LogP contribution in [0.4, 0.5) is 5.95 Å². The molecule has 4 rings (SSSR count). The van der Waals surface area contributed by atoms with Gasteiger partial charge in [0.15, 0.2) is 0 Å². The van der Waals surface area contributed by atoms with Crippen LogP contribution < -0.4 is 9.64 Å². The van der Waals surface area contributed by atoms with Crippen molar-refractivity contribution in [3.8, 4) is 17.3 Å². The molecule has 9 nitrogen and oxygen atoms in total. The van der Waals surface area contributed by atoms with E-state index in [1.54, 1.807) is 37.8 Å². The van der Waals surface area contributed by atoms with Crippen molar-refractivity contribution < 1.29 is 14.0 Å². The van der Waals surface area contributed by atoms with E-state index in [1.165, 1.54) is 0 Å². The summed E-state index contributed by atoms with van der Waals surface area (Å²) in [5.41, 5.74) is 0.785. The lowest BCUT2D eigenvalue weighted by Gasteiger charge is -2.21. The second-order valence-corrected chi connectivity index (χ2v) is 6.08. The van der Waals surface area contributed by atoms with Crippen molar-refractivity contribution in [2.75, 3.05) is 31.8 Å². The molecule has 0 spiro atoms. The summed E-state index contributed by atoms with van der Waals surface area (Å²) < 4.78 is 16.1. The fourth-order valence-corrected chi connectivity index (χ4v) is 3.05. The van der Waals surface area contributed by atoms with Gasteiger partial charge in [0.1, 0.15) is 12.6 Å². The number of hydrogen-bond donors (Lipinski definition) is 0. The molecule has 0 bridgehead atoms. The molecule has 9 heteroatoms. The van der Waals surface area contributed by atoms with Crippen molar-refractivity contribution >= 4 is 5.95 Å². The lowest BCUT2D eigenvalue weighted by molar-refractivity contribution is 0.144. The fraction of sp³-hybridized carbons (Fsp3) is 0.389. The maximum atomic E-state index is 5.55. The molecule has 27 heavy (non-hydrogen) atoms. The van der Waals surface area contributed by atoms with Crippen molar-refractivity contribution in [1.29, 1.82) is 0 Å². The Morgan fingerprint density at radius 3 is 2.93 bits per heavy atom. The van der Waals surface area contributed by atoms with E-state index < -0.39 is 0 Å². The molecule has 4 heterocycles. The van der Waals surface area contributed by atoms with Crippen molar-refractivity contribution in [2.24, 2.45) is 0 Å². The number of anilines is 1. The third-order valence-corrected chi connectivity index (χ3v) is 4.32. The molecule has 1 atom stereocenters. The summed E-state index contributed by atoms with van der Waals surface area (Å²) >= 11 is 0. The van der Waals surface area contributed by atoms with Gasteiger partial charge >= 0.3 is 0 Å². The van der Waals surface area contributed by atoms with Gasteiger partial charge in [0.2, 0.25) is 23.5 Å². The van der Waals surface area contributed by atoms with Gasteiger partial charge in [-0.1, -0.05) is 5.16 Å². The van der Waals surface area contributed by atoms with Crippen molar-refractivity contribution in [1.82, 2.24) is 25.1 Å². The standard InChI is InChI=1S/C18H20N6O3/c1-25-10-11-26-15-12-13(5-8-19-15)16-22-17(27-23-16)14-4-2-9-24(14)18-20-6-3-7-21-18/h3,5-8,12,14H,2,4,9-11H2,1H3. The van der Waals surface area contributed by atoms with Crippen LogP contribution in [0.3, 0.4) is 0 Å². The Balaban J connectivity index is 1.52. The lowest BCUT2D eigenvalue weighted by Crippen LogP contribution is -2.24. The molecule has 3 aromatic rings. The topological polar surface area (TPSA) is 99.3 Å². The Morgan fingerprint density at radius 2 is 2.07 bits per heavy atom. The Bertz CT molecular complexity index is 872. The summed E-state index contributed by atoms with van der Waals surface area (Å²) in [5, 5.41) is 4.14. The highest BCUT2D eigenvalue weighted by atomic mass is 16.5. The molecular weight excluding hydrogens is 348 g/mol. The van der Waals surface area contributed by atoms with E-state index in [0.717, 1.165) is 24.9 Å². The molecule has 3 aromatic heterocycles. The van der Waals surface area contributed by atoms with Crippen LogP contribution in [0.2, 0.25) is 0 Å². The van der Waals surface area contributed by atoms with Gasteiger partial charge in [-0.2, -0.15) is 4.98 Å². The summed E-state index contributed by atoms with van der Waals surface area (Å²) in [4.78, 5) is 19.6. The zero-order valence-corrected chi connectivity index (χ0v) is 15.0. The number of ether oxygens (including phenoxy) is 2. The van der Waals surface area contributed by atoms with Crippen LogP contribution in [0.1, 0.15) is 24.8 Å². The number of rotatable bonds is 7. The van der Waals surface area contributed by atoms with Gasteiger partial charge < -0.3 is 18.9 Å². The maximum Gasteiger partial charge on any atom is 0.249 e. The molecule has 1 fully saturated rings. The summed E-state index contributed by atoms with van der Waals surface area (Å²) in [6.45, 7) is 1.79. The van der Waals surface area contributed by atoms with Crippen LogP contribution in [0.25, 0.3) is 11.4 Å². The number of nitrogens with zero attached hydrogens (tertiary/aromatic N) is 6. The number of methoxy groups -OCH3 is 1. The van der Waals surface area contributed by atoms with Gasteiger partial charge in [0, 0.05) is 43.9 Å². The fourth-order valence-electron chi connectivity index (χ4n) is 3.05.